The fraction of sp³-hybridized carbons (Fsp3) is 0.333. The Hall–Kier alpha value is -3.03. The summed E-state index contributed by atoms with van der Waals surface area (Å²) in [4.78, 5) is 12.8. The van der Waals surface area contributed by atoms with Crippen LogP contribution in [0, 0.1) is 19.7 Å². The summed E-state index contributed by atoms with van der Waals surface area (Å²) in [5, 5.41) is 17.0. The molecule has 0 bridgehead atoms. The molecule has 1 aliphatic rings. The predicted octanol–water partition coefficient (Wildman–Crippen LogP) is 3.10. The van der Waals surface area contributed by atoms with Gasteiger partial charge in [-0.25, -0.2) is 9.07 Å². The number of aliphatic hydroxyl groups is 1. The molecule has 162 valence electrons. The molecule has 4 rings (SSSR count). The number of amides is 1. The summed E-state index contributed by atoms with van der Waals surface area (Å²) >= 11 is 0. The van der Waals surface area contributed by atoms with Gasteiger partial charge >= 0.3 is 0 Å². The van der Waals surface area contributed by atoms with E-state index in [9.17, 15) is 14.3 Å². The third-order valence-corrected chi connectivity index (χ3v) is 5.91. The molecule has 1 aliphatic heterocycles. The first-order chi connectivity index (χ1) is 14.9. The van der Waals surface area contributed by atoms with Gasteiger partial charge in [-0.3, -0.25) is 4.79 Å². The molecule has 1 saturated heterocycles. The van der Waals surface area contributed by atoms with E-state index in [2.05, 4.69) is 10.4 Å². The van der Waals surface area contributed by atoms with Gasteiger partial charge in [-0.15, -0.1) is 0 Å². The summed E-state index contributed by atoms with van der Waals surface area (Å²) in [5.74, 6) is -1.07. The second-order valence-electron chi connectivity index (χ2n) is 7.95. The quantitative estimate of drug-likeness (QED) is 0.661. The minimum Gasteiger partial charge on any atom is -0.391 e. The van der Waals surface area contributed by atoms with Crippen LogP contribution in [0.1, 0.15) is 39.0 Å². The van der Waals surface area contributed by atoms with Crippen LogP contribution in [0.5, 0.6) is 0 Å². The number of carbonyl (C=O) groups excluding carboxylic acids is 1. The number of hydrogen-bond acceptors (Lipinski definition) is 4. The minimum atomic E-state index is -0.694. The van der Waals surface area contributed by atoms with Crippen molar-refractivity contribution in [2.45, 2.75) is 38.8 Å². The molecule has 6 nitrogen and oxygen atoms in total. The number of rotatable bonds is 5. The zero-order valence-electron chi connectivity index (χ0n) is 17.6. The molecule has 0 saturated carbocycles. The van der Waals surface area contributed by atoms with Gasteiger partial charge in [-0.2, -0.15) is 5.10 Å². The highest BCUT2D eigenvalue weighted by Gasteiger charge is 2.27. The van der Waals surface area contributed by atoms with Gasteiger partial charge < -0.3 is 15.2 Å². The highest BCUT2D eigenvalue weighted by atomic mass is 19.1. The lowest BCUT2D eigenvalue weighted by Gasteiger charge is -2.28. The first-order valence-electron chi connectivity index (χ1n) is 10.4. The Morgan fingerprint density at radius 3 is 2.74 bits per heavy atom. The Kier molecular flexibility index (Phi) is 6.15. The van der Waals surface area contributed by atoms with Gasteiger partial charge in [0.1, 0.15) is 5.82 Å². The van der Waals surface area contributed by atoms with Crippen LogP contribution in [0.25, 0.3) is 5.69 Å². The second kappa shape index (κ2) is 8.99. The average molecular weight is 423 g/mol. The van der Waals surface area contributed by atoms with E-state index in [1.807, 2.05) is 43.5 Å². The lowest BCUT2D eigenvalue weighted by molar-refractivity contribution is -0.0140. The number of ether oxygens (including phenoxy) is 1. The molecule has 2 atom stereocenters. The van der Waals surface area contributed by atoms with E-state index in [0.717, 1.165) is 22.4 Å². The Bertz CT molecular complexity index is 1060. The van der Waals surface area contributed by atoms with E-state index in [1.54, 1.807) is 23.9 Å². The van der Waals surface area contributed by atoms with E-state index in [0.29, 0.717) is 25.0 Å². The Labute approximate surface area is 180 Å². The van der Waals surface area contributed by atoms with Gasteiger partial charge in [0.25, 0.3) is 5.91 Å². The van der Waals surface area contributed by atoms with Crippen LogP contribution in [-0.2, 0) is 11.2 Å². The van der Waals surface area contributed by atoms with Crippen molar-refractivity contribution in [3.05, 3.63) is 82.4 Å². The first kappa shape index (κ1) is 21.2. The van der Waals surface area contributed by atoms with Gasteiger partial charge in [0.2, 0.25) is 0 Å². The summed E-state index contributed by atoms with van der Waals surface area (Å²) in [6, 6.07) is 10.9. The van der Waals surface area contributed by atoms with Crippen LogP contribution in [0.15, 0.2) is 48.8 Å². The number of nitrogens with one attached hydrogen (secondary N) is 1. The fourth-order valence-electron chi connectivity index (χ4n) is 3.82. The molecule has 1 fully saturated rings. The molecule has 1 amide bonds. The van der Waals surface area contributed by atoms with E-state index < -0.39 is 23.9 Å². The van der Waals surface area contributed by atoms with Crippen molar-refractivity contribution in [1.29, 1.82) is 0 Å². The number of aromatic nitrogens is 2. The van der Waals surface area contributed by atoms with Crippen molar-refractivity contribution in [2.24, 2.45) is 0 Å². The van der Waals surface area contributed by atoms with Crippen molar-refractivity contribution < 1.29 is 19.0 Å². The van der Waals surface area contributed by atoms with Gasteiger partial charge in [0.15, 0.2) is 0 Å². The number of benzene rings is 2. The number of halogens is 1. The van der Waals surface area contributed by atoms with E-state index in [4.69, 9.17) is 4.74 Å². The molecule has 0 unspecified atom stereocenters. The van der Waals surface area contributed by atoms with Crippen molar-refractivity contribution in [1.82, 2.24) is 15.1 Å². The summed E-state index contributed by atoms with van der Waals surface area (Å²) < 4.78 is 22.0. The molecule has 0 spiro atoms. The smallest absolute Gasteiger partial charge is 0.254 e. The molecule has 7 heteroatoms. The van der Waals surface area contributed by atoms with Crippen molar-refractivity contribution >= 4 is 5.91 Å². The Morgan fingerprint density at radius 1 is 1.29 bits per heavy atom. The number of hydrogen-bond donors (Lipinski definition) is 2. The molecular formula is C24H26FN3O3. The second-order valence-corrected chi connectivity index (χ2v) is 7.95. The van der Waals surface area contributed by atoms with Gasteiger partial charge in [0.05, 0.1) is 30.0 Å². The number of nitrogens with zero attached hydrogens (tertiary/aromatic N) is 2. The Morgan fingerprint density at radius 2 is 2.06 bits per heavy atom. The van der Waals surface area contributed by atoms with Crippen molar-refractivity contribution in [2.75, 3.05) is 13.2 Å². The average Bonchev–Trinajstić information content (AvgIpc) is 3.31. The van der Waals surface area contributed by atoms with Gasteiger partial charge in [0, 0.05) is 19.0 Å². The molecule has 2 heterocycles. The summed E-state index contributed by atoms with van der Waals surface area (Å²) in [5.41, 5.74) is 4.16. The van der Waals surface area contributed by atoms with E-state index in [1.165, 1.54) is 0 Å². The number of carbonyl (C=O) groups is 1. The number of aliphatic hydroxyl groups excluding tert-OH is 1. The molecule has 0 radical (unpaired) electrons. The maximum absolute atomic E-state index is 14.9. The first-order valence-corrected chi connectivity index (χ1v) is 10.4. The molecular weight excluding hydrogens is 397 g/mol. The molecule has 2 N–H and O–H groups in total. The highest BCUT2D eigenvalue weighted by Crippen LogP contribution is 2.24. The standard InChI is InChI=1S/C24H26FN3O3/c1-15-16(2)23(25)20(24(30)27-21-14-31-11-8-22(21)29)13-18(15)12-17-4-6-19(7-5-17)28-10-3-9-26-28/h3-7,9-10,13,21-22,29H,8,11-12,14H2,1-2H3,(H,27,30)/t21-,22-/m0/s1. The third-order valence-electron chi connectivity index (χ3n) is 5.91. The Balaban J connectivity index is 1.56. The summed E-state index contributed by atoms with van der Waals surface area (Å²) in [7, 11) is 0. The van der Waals surface area contributed by atoms with E-state index in [-0.39, 0.29) is 12.2 Å². The molecule has 0 aliphatic carbocycles. The van der Waals surface area contributed by atoms with Gasteiger partial charge in [-0.05, 0) is 73.2 Å². The maximum Gasteiger partial charge on any atom is 0.254 e. The van der Waals surface area contributed by atoms with Crippen LogP contribution < -0.4 is 5.32 Å². The van der Waals surface area contributed by atoms with Crippen molar-refractivity contribution in [3.63, 3.8) is 0 Å². The molecule has 31 heavy (non-hydrogen) atoms. The fourth-order valence-corrected chi connectivity index (χ4v) is 3.82. The zero-order valence-corrected chi connectivity index (χ0v) is 17.6. The SMILES string of the molecule is Cc1c(Cc2ccc(-n3cccn3)cc2)cc(C(=O)N[C@H]2COCC[C@@H]2O)c(F)c1C. The third kappa shape index (κ3) is 4.52. The van der Waals surface area contributed by atoms with Crippen molar-refractivity contribution in [3.8, 4) is 5.69 Å². The summed E-state index contributed by atoms with van der Waals surface area (Å²) in [6.07, 6.45) is 3.92. The lowest BCUT2D eigenvalue weighted by Crippen LogP contribution is -2.49. The highest BCUT2D eigenvalue weighted by molar-refractivity contribution is 5.95. The molecule has 2 aromatic carbocycles. The van der Waals surface area contributed by atoms with Crippen LogP contribution in [0.3, 0.4) is 0 Å². The maximum atomic E-state index is 14.9. The van der Waals surface area contributed by atoms with Crippen LogP contribution in [0.4, 0.5) is 4.39 Å². The monoisotopic (exact) mass is 423 g/mol. The van der Waals surface area contributed by atoms with Crippen LogP contribution in [-0.4, -0.2) is 46.2 Å². The summed E-state index contributed by atoms with van der Waals surface area (Å²) in [6.45, 7) is 4.22. The van der Waals surface area contributed by atoms with Gasteiger partial charge in [-0.1, -0.05) is 12.1 Å². The predicted molar refractivity (Wildman–Crippen MR) is 115 cm³/mol. The molecule has 3 aromatic rings. The normalized spacial score (nSPS) is 18.7. The van der Waals surface area contributed by atoms with Crippen LogP contribution in [0.2, 0.25) is 0 Å². The lowest BCUT2D eigenvalue weighted by atomic mass is 9.93. The van der Waals surface area contributed by atoms with Crippen LogP contribution >= 0.6 is 0 Å². The molecule has 1 aromatic heterocycles. The minimum absolute atomic E-state index is 0.0102. The zero-order chi connectivity index (χ0) is 22.0. The largest absolute Gasteiger partial charge is 0.391 e. The van der Waals surface area contributed by atoms with E-state index >= 15 is 0 Å². The topological polar surface area (TPSA) is 76.4 Å².